The quantitative estimate of drug-likeness (QED) is 0.0373. The Balaban J connectivity index is 0. The van der Waals surface area contributed by atoms with E-state index in [9.17, 15) is 9.59 Å². The molecule has 6 nitrogen and oxygen atoms in total. The summed E-state index contributed by atoms with van der Waals surface area (Å²) in [6, 6.07) is 0. The molecule has 0 aliphatic heterocycles. The van der Waals surface area contributed by atoms with Gasteiger partial charge in [0, 0.05) is 11.8 Å². The van der Waals surface area contributed by atoms with Gasteiger partial charge in [0.15, 0.2) is 0 Å². The molecule has 0 aromatic carbocycles. The Labute approximate surface area is 391 Å². The monoisotopic (exact) mass is 845 g/mol. The van der Waals surface area contributed by atoms with Crippen molar-refractivity contribution in [1.82, 2.24) is 5.23 Å². The van der Waals surface area contributed by atoms with Gasteiger partial charge in [-0.1, -0.05) is 285 Å². The van der Waals surface area contributed by atoms with E-state index in [0.717, 1.165) is 43.8 Å². The number of unbranched alkanes of at least 4 members (excludes halogenated alkanes) is 38. The molecule has 0 radical (unpaired) electrons. The second kappa shape index (κ2) is 50.5. The first-order valence-electron chi connectivity index (χ1n) is 26.4. The summed E-state index contributed by atoms with van der Waals surface area (Å²) < 4.78 is 0. The van der Waals surface area contributed by atoms with Crippen LogP contribution in [0, 0.1) is 11.8 Å². The van der Waals surface area contributed by atoms with Gasteiger partial charge in [-0.25, -0.2) is 9.59 Å². The Bertz CT molecular complexity index is 782. The zero-order chi connectivity index (χ0) is 42.4. The van der Waals surface area contributed by atoms with E-state index < -0.39 is 0 Å². The molecule has 0 saturated heterocycles. The van der Waals surface area contributed by atoms with Crippen LogP contribution in [0.1, 0.15) is 297 Å². The summed E-state index contributed by atoms with van der Waals surface area (Å²) >= 11 is 0. The number of hydrogen-bond donors (Lipinski definition) is 1. The van der Waals surface area contributed by atoms with Crippen molar-refractivity contribution < 1.29 is 19.3 Å². The van der Waals surface area contributed by atoms with E-state index in [0.29, 0.717) is 0 Å². The van der Waals surface area contributed by atoms with Crippen LogP contribution in [-0.2, 0) is 19.3 Å². The zero-order valence-electron chi connectivity index (χ0n) is 39.9. The molecule has 0 aromatic heterocycles. The van der Waals surface area contributed by atoms with Crippen LogP contribution in [0.5, 0.6) is 0 Å². The van der Waals surface area contributed by atoms with Gasteiger partial charge in [-0.3, -0.25) is 0 Å². The van der Waals surface area contributed by atoms with Crippen LogP contribution >= 0.6 is 0 Å². The summed E-state index contributed by atoms with van der Waals surface area (Å²) in [6.07, 6.45) is 56.1. The minimum absolute atomic E-state index is 0. The third-order valence-electron chi connectivity index (χ3n) is 12.5. The second-order valence-electron chi connectivity index (χ2n) is 18.5. The number of nitrogens with zero attached hydrogens (tertiary/aromatic N) is 1. The van der Waals surface area contributed by atoms with E-state index >= 15 is 0 Å². The first-order chi connectivity index (χ1) is 28.5. The van der Waals surface area contributed by atoms with Crippen LogP contribution in [0.15, 0.2) is 0 Å². The summed E-state index contributed by atoms with van der Waals surface area (Å²) in [4.78, 5) is 36.5. The van der Waals surface area contributed by atoms with Gasteiger partial charge in [0.25, 0.3) is 0 Å². The minimum atomic E-state index is -0.346. The summed E-state index contributed by atoms with van der Waals surface area (Å²) in [5, 5.41) is 1.02. The number of rotatable bonds is 48. The molecule has 0 bridgehead atoms. The van der Waals surface area contributed by atoms with Gasteiger partial charge in [-0.2, -0.15) is 0 Å². The fraction of sp³-hybridized carbons (Fsp3) is 0.962. The normalized spacial score (nSPS) is 12.4. The van der Waals surface area contributed by atoms with Gasteiger partial charge in [0.1, 0.15) is 0 Å². The Morgan fingerprint density at radius 3 is 0.746 bits per heavy atom. The van der Waals surface area contributed by atoms with Gasteiger partial charge in [-0.05, 0) is 12.8 Å². The maximum atomic E-state index is 12.8. The van der Waals surface area contributed by atoms with Crippen LogP contribution in [0.3, 0.4) is 0 Å². The SMILES string of the molecule is CCCCCCCCCCCCCCCCCCCCCCC(C)C(=O)ON(CCN)OC(=O)C(C)CCCCCCCCCCCCCCCCCCCCCC.[NaH]. The van der Waals surface area contributed by atoms with Gasteiger partial charge in [-0.15, -0.1) is 0 Å². The van der Waals surface area contributed by atoms with E-state index in [1.54, 1.807) is 0 Å². The van der Waals surface area contributed by atoms with Crippen molar-refractivity contribution in [2.45, 2.75) is 297 Å². The number of carbonyl (C=O) groups excluding carboxylic acids is 2. The van der Waals surface area contributed by atoms with Gasteiger partial charge >= 0.3 is 41.5 Å². The Hall–Kier alpha value is -0.140. The van der Waals surface area contributed by atoms with Crippen molar-refractivity contribution in [2.24, 2.45) is 17.6 Å². The van der Waals surface area contributed by atoms with Crippen molar-refractivity contribution in [3.05, 3.63) is 0 Å². The molecule has 0 aliphatic carbocycles. The Morgan fingerprint density at radius 2 is 0.559 bits per heavy atom. The van der Waals surface area contributed by atoms with E-state index in [4.69, 9.17) is 15.4 Å². The van der Waals surface area contributed by atoms with Crippen molar-refractivity contribution in [3.63, 3.8) is 0 Å². The van der Waals surface area contributed by atoms with Crippen LogP contribution in [0.25, 0.3) is 0 Å². The molecule has 0 heterocycles. The van der Waals surface area contributed by atoms with E-state index in [1.807, 2.05) is 13.8 Å². The first kappa shape index (κ1) is 60.9. The molecule has 2 atom stereocenters. The molecule has 7 heteroatoms. The molecule has 0 amide bonds. The molecular formula is C52H105N2NaO4. The summed E-state index contributed by atoms with van der Waals surface area (Å²) in [5.74, 6) is -1.16. The standard InChI is InChI=1S/C52H104N2O4.Na.H/c1-5-7-9-11-13-15-17-19-21-23-25-27-29-31-33-35-37-39-41-43-45-49(3)51(55)57-54(48-47-53)58-52(56)50(4)46-44-42-40-38-36-34-32-30-28-26-24-22-20-18-16-14-12-10-8-6-2;;/h49-50H,5-48,53H2,1-4H3;;. The summed E-state index contributed by atoms with van der Waals surface area (Å²) in [7, 11) is 0. The molecular weight excluding hydrogens is 740 g/mol. The van der Waals surface area contributed by atoms with E-state index in [1.165, 1.54) is 231 Å². The average molecular weight is 845 g/mol. The molecule has 59 heavy (non-hydrogen) atoms. The van der Waals surface area contributed by atoms with Gasteiger partial charge in [0.2, 0.25) is 0 Å². The maximum absolute atomic E-state index is 12.8. The van der Waals surface area contributed by atoms with Crippen LogP contribution in [-0.4, -0.2) is 59.8 Å². The Kier molecular flexibility index (Phi) is 52.2. The zero-order valence-corrected chi connectivity index (χ0v) is 39.9. The van der Waals surface area contributed by atoms with E-state index in [2.05, 4.69) is 13.8 Å². The van der Waals surface area contributed by atoms with Crippen molar-refractivity contribution in [3.8, 4) is 0 Å². The fourth-order valence-corrected chi connectivity index (χ4v) is 8.24. The first-order valence-corrected chi connectivity index (χ1v) is 26.4. The number of carbonyl (C=O) groups is 2. The van der Waals surface area contributed by atoms with Crippen molar-refractivity contribution >= 4 is 41.5 Å². The van der Waals surface area contributed by atoms with Crippen molar-refractivity contribution in [1.29, 1.82) is 0 Å². The number of hydrogen-bond acceptors (Lipinski definition) is 6. The third kappa shape index (κ3) is 45.7. The summed E-state index contributed by atoms with van der Waals surface area (Å²) in [6.45, 7) is 8.81. The van der Waals surface area contributed by atoms with Crippen LogP contribution in [0.2, 0.25) is 0 Å². The van der Waals surface area contributed by atoms with Crippen LogP contribution < -0.4 is 5.73 Å². The van der Waals surface area contributed by atoms with Crippen molar-refractivity contribution in [2.75, 3.05) is 13.1 Å². The second-order valence-corrected chi connectivity index (χ2v) is 18.5. The molecule has 348 valence electrons. The molecule has 0 spiro atoms. The molecule has 0 saturated carbocycles. The average Bonchev–Trinajstić information content (AvgIpc) is 3.22. The molecule has 0 aliphatic rings. The fourth-order valence-electron chi connectivity index (χ4n) is 8.24. The van der Waals surface area contributed by atoms with E-state index in [-0.39, 0.29) is 66.4 Å². The molecule has 0 fully saturated rings. The third-order valence-corrected chi connectivity index (χ3v) is 12.5. The van der Waals surface area contributed by atoms with Crippen LogP contribution in [0.4, 0.5) is 0 Å². The number of hydroxylamine groups is 2. The number of nitrogens with two attached hydrogens (primary N) is 1. The molecule has 0 aromatic rings. The molecule has 0 rings (SSSR count). The molecule has 2 N–H and O–H groups in total. The predicted molar refractivity (Wildman–Crippen MR) is 259 cm³/mol. The molecule has 2 unspecified atom stereocenters. The van der Waals surface area contributed by atoms with Gasteiger partial charge < -0.3 is 15.4 Å². The van der Waals surface area contributed by atoms with Gasteiger partial charge in [0.05, 0.1) is 18.4 Å². The Morgan fingerprint density at radius 1 is 0.373 bits per heavy atom. The predicted octanol–water partition coefficient (Wildman–Crippen LogP) is 16.2. The summed E-state index contributed by atoms with van der Waals surface area (Å²) in [5.41, 5.74) is 5.74. The topological polar surface area (TPSA) is 81.9 Å².